The van der Waals surface area contributed by atoms with E-state index in [1.165, 1.54) is 17.0 Å². The third kappa shape index (κ3) is 6.49. The molecule has 0 aromatic heterocycles. The molecule has 2 N–H and O–H groups in total. The lowest BCUT2D eigenvalue weighted by molar-refractivity contribution is -0.143. The molecule has 1 fully saturated rings. The second-order valence-electron chi connectivity index (χ2n) is 6.32. The average molecular weight is 392 g/mol. The second-order valence-corrected chi connectivity index (χ2v) is 8.34. The van der Waals surface area contributed by atoms with Gasteiger partial charge in [-0.2, -0.15) is 13.2 Å². The minimum atomic E-state index is -4.19. The summed E-state index contributed by atoms with van der Waals surface area (Å²) in [4.78, 5) is 5.70. The molecule has 146 valence electrons. The molecular weight excluding hydrogens is 369 g/mol. The number of likely N-dealkylation sites (tertiary alicyclic amines) is 1. The van der Waals surface area contributed by atoms with Crippen LogP contribution >= 0.6 is 0 Å². The Morgan fingerprint density at radius 1 is 1.31 bits per heavy atom. The zero-order valence-corrected chi connectivity index (χ0v) is 15.5. The molecule has 1 aliphatic heterocycles. The van der Waals surface area contributed by atoms with E-state index in [4.69, 9.17) is 0 Å². The van der Waals surface area contributed by atoms with Crippen LogP contribution in [0.1, 0.15) is 12.0 Å². The molecule has 2 rings (SSSR count). The van der Waals surface area contributed by atoms with Crippen LogP contribution in [-0.4, -0.2) is 64.4 Å². The summed E-state index contributed by atoms with van der Waals surface area (Å²) in [5.41, 5.74) is 0.866. The van der Waals surface area contributed by atoms with E-state index in [0.717, 1.165) is 11.8 Å². The Balaban J connectivity index is 1.83. The summed E-state index contributed by atoms with van der Waals surface area (Å²) >= 11 is 0. The molecule has 0 bridgehead atoms. The van der Waals surface area contributed by atoms with E-state index < -0.39 is 22.6 Å². The third-order valence-corrected chi connectivity index (χ3v) is 5.18. The highest BCUT2D eigenvalue weighted by Gasteiger charge is 2.34. The zero-order valence-electron chi connectivity index (χ0n) is 14.7. The van der Waals surface area contributed by atoms with Crippen LogP contribution in [-0.2, 0) is 16.4 Å². The fraction of sp³-hybridized carbons (Fsp3) is 0.562. The Kier molecular flexibility index (Phi) is 6.51. The van der Waals surface area contributed by atoms with Crippen molar-refractivity contribution < 1.29 is 21.6 Å². The molecule has 10 heteroatoms. The van der Waals surface area contributed by atoms with E-state index in [2.05, 4.69) is 15.6 Å². The van der Waals surface area contributed by atoms with Crippen molar-refractivity contribution in [2.24, 2.45) is 4.99 Å². The van der Waals surface area contributed by atoms with Gasteiger partial charge in [0.05, 0.1) is 11.4 Å². The van der Waals surface area contributed by atoms with Crippen LogP contribution < -0.4 is 10.6 Å². The fourth-order valence-corrected chi connectivity index (χ4v) is 3.41. The lowest BCUT2D eigenvalue weighted by Gasteiger charge is -2.19. The van der Waals surface area contributed by atoms with Gasteiger partial charge < -0.3 is 10.6 Å². The topological polar surface area (TPSA) is 73.8 Å². The van der Waals surface area contributed by atoms with Crippen LogP contribution in [0.2, 0.25) is 0 Å². The van der Waals surface area contributed by atoms with Crippen LogP contribution in [0.25, 0.3) is 0 Å². The highest BCUT2D eigenvalue weighted by Crippen LogP contribution is 2.19. The van der Waals surface area contributed by atoms with Crippen molar-refractivity contribution in [2.45, 2.75) is 30.1 Å². The van der Waals surface area contributed by atoms with Crippen LogP contribution in [0, 0.1) is 0 Å². The highest BCUT2D eigenvalue weighted by atomic mass is 32.2. The maximum Gasteiger partial charge on any atom is 0.401 e. The van der Waals surface area contributed by atoms with Crippen molar-refractivity contribution in [3.8, 4) is 0 Å². The number of sulfone groups is 1. The predicted octanol–water partition coefficient (Wildman–Crippen LogP) is 1.39. The van der Waals surface area contributed by atoms with Gasteiger partial charge in [0.1, 0.15) is 0 Å². The predicted molar refractivity (Wildman–Crippen MR) is 93.8 cm³/mol. The number of nitrogens with zero attached hydrogens (tertiary/aromatic N) is 2. The van der Waals surface area contributed by atoms with Crippen molar-refractivity contribution in [1.29, 1.82) is 0 Å². The summed E-state index contributed by atoms with van der Waals surface area (Å²) < 4.78 is 60.2. The Morgan fingerprint density at radius 2 is 1.96 bits per heavy atom. The smallest absolute Gasteiger partial charge is 0.352 e. The van der Waals surface area contributed by atoms with Gasteiger partial charge in [0.2, 0.25) is 0 Å². The number of rotatable bonds is 5. The van der Waals surface area contributed by atoms with Gasteiger partial charge in [0, 0.05) is 39.0 Å². The van der Waals surface area contributed by atoms with E-state index in [1.54, 1.807) is 19.2 Å². The van der Waals surface area contributed by atoms with Gasteiger partial charge in [-0.15, -0.1) is 0 Å². The minimum Gasteiger partial charge on any atom is -0.352 e. The number of nitrogens with one attached hydrogen (secondary N) is 2. The van der Waals surface area contributed by atoms with E-state index >= 15 is 0 Å². The number of benzene rings is 1. The number of alkyl halides is 3. The van der Waals surface area contributed by atoms with Crippen molar-refractivity contribution >= 4 is 15.8 Å². The number of aliphatic imine (C=N–C) groups is 1. The summed E-state index contributed by atoms with van der Waals surface area (Å²) in [5, 5.41) is 6.20. The number of hydrogen-bond donors (Lipinski definition) is 2. The van der Waals surface area contributed by atoms with Gasteiger partial charge >= 0.3 is 6.18 Å². The number of halogens is 3. The van der Waals surface area contributed by atoms with Crippen molar-refractivity contribution in [2.75, 3.05) is 32.9 Å². The molecule has 1 aromatic rings. The maximum atomic E-state index is 12.4. The summed E-state index contributed by atoms with van der Waals surface area (Å²) in [7, 11) is -1.64. The lowest BCUT2D eigenvalue weighted by atomic mass is 10.2. The number of guanidine groups is 1. The first-order chi connectivity index (χ1) is 12.1. The lowest BCUT2D eigenvalue weighted by Crippen LogP contribution is -2.44. The Labute approximate surface area is 151 Å². The maximum absolute atomic E-state index is 12.4. The molecule has 1 saturated heterocycles. The first-order valence-electron chi connectivity index (χ1n) is 8.12. The summed E-state index contributed by atoms with van der Waals surface area (Å²) in [6, 6.07) is 6.38. The first kappa shape index (κ1) is 20.5. The molecule has 0 radical (unpaired) electrons. The fourth-order valence-electron chi connectivity index (χ4n) is 2.78. The van der Waals surface area contributed by atoms with Gasteiger partial charge in [0.25, 0.3) is 0 Å². The monoisotopic (exact) mass is 392 g/mol. The van der Waals surface area contributed by atoms with Crippen molar-refractivity contribution in [3.63, 3.8) is 0 Å². The van der Waals surface area contributed by atoms with Crippen LogP contribution in [0.5, 0.6) is 0 Å². The molecule has 6 nitrogen and oxygen atoms in total. The van der Waals surface area contributed by atoms with Crippen molar-refractivity contribution in [3.05, 3.63) is 29.8 Å². The Hall–Kier alpha value is -1.81. The molecule has 1 unspecified atom stereocenters. The van der Waals surface area contributed by atoms with Crippen LogP contribution in [0.15, 0.2) is 34.2 Å². The van der Waals surface area contributed by atoms with Gasteiger partial charge in [-0.05, 0) is 24.1 Å². The molecule has 1 aliphatic rings. The SMILES string of the molecule is CN=C(NCc1ccc(S(C)(=O)=O)cc1)NC1CCN(CC(F)(F)F)C1. The quantitative estimate of drug-likeness (QED) is 0.585. The molecule has 0 amide bonds. The molecule has 26 heavy (non-hydrogen) atoms. The van der Waals surface area contributed by atoms with Crippen LogP contribution in [0.4, 0.5) is 13.2 Å². The summed E-state index contributed by atoms with van der Waals surface area (Å²) in [5.74, 6) is 0.496. The molecule has 1 heterocycles. The van der Waals surface area contributed by atoms with E-state index in [0.29, 0.717) is 32.0 Å². The Bertz CT molecular complexity index is 733. The normalized spacial score (nSPS) is 19.6. The summed E-state index contributed by atoms with van der Waals surface area (Å²) in [6.07, 6.45) is -2.43. The molecule has 1 atom stereocenters. The summed E-state index contributed by atoms with van der Waals surface area (Å²) in [6.45, 7) is 0.219. The largest absolute Gasteiger partial charge is 0.401 e. The van der Waals surface area contributed by atoms with Gasteiger partial charge in [-0.1, -0.05) is 12.1 Å². The number of hydrogen-bond acceptors (Lipinski definition) is 4. The molecule has 0 aliphatic carbocycles. The van der Waals surface area contributed by atoms with Gasteiger partial charge in [-0.3, -0.25) is 9.89 Å². The Morgan fingerprint density at radius 3 is 2.50 bits per heavy atom. The van der Waals surface area contributed by atoms with E-state index in [9.17, 15) is 21.6 Å². The van der Waals surface area contributed by atoms with Gasteiger partial charge in [-0.25, -0.2) is 8.42 Å². The van der Waals surface area contributed by atoms with E-state index in [-0.39, 0.29) is 10.9 Å². The van der Waals surface area contributed by atoms with E-state index in [1.807, 2.05) is 0 Å². The standard InChI is InChI=1S/C16H23F3N4O2S/c1-20-15(22-13-7-8-23(10-13)11-16(17,18)19)21-9-12-3-5-14(6-4-12)26(2,24)25/h3-6,13H,7-11H2,1-2H3,(H2,20,21,22). The van der Waals surface area contributed by atoms with Crippen LogP contribution in [0.3, 0.4) is 0 Å². The first-order valence-corrected chi connectivity index (χ1v) is 10.0. The molecular formula is C16H23F3N4O2S. The molecule has 0 spiro atoms. The zero-order chi connectivity index (χ0) is 19.4. The second kappa shape index (κ2) is 8.26. The average Bonchev–Trinajstić information content (AvgIpc) is 2.96. The highest BCUT2D eigenvalue weighted by molar-refractivity contribution is 7.90. The van der Waals surface area contributed by atoms with Gasteiger partial charge in [0.15, 0.2) is 15.8 Å². The minimum absolute atomic E-state index is 0.101. The molecule has 0 saturated carbocycles. The van der Waals surface area contributed by atoms with Crippen molar-refractivity contribution in [1.82, 2.24) is 15.5 Å². The molecule has 1 aromatic carbocycles. The third-order valence-electron chi connectivity index (χ3n) is 4.05.